The van der Waals surface area contributed by atoms with E-state index in [1.54, 1.807) is 36.4 Å². The fraction of sp³-hybridized carbons (Fsp3) is 0.0714. The summed E-state index contributed by atoms with van der Waals surface area (Å²) in [5.74, 6) is 5.67. The summed E-state index contributed by atoms with van der Waals surface area (Å²) in [5.41, 5.74) is 2.11. The highest BCUT2D eigenvalue weighted by Crippen LogP contribution is 2.18. The molecule has 110 valence electrons. The van der Waals surface area contributed by atoms with Crippen molar-refractivity contribution in [1.82, 2.24) is 0 Å². The van der Waals surface area contributed by atoms with E-state index in [1.807, 2.05) is 0 Å². The molecule has 0 aromatic heterocycles. The van der Waals surface area contributed by atoms with Crippen LogP contribution in [-0.2, 0) is 10.1 Å². The van der Waals surface area contributed by atoms with E-state index < -0.39 is 10.1 Å². The molecule has 2 aromatic carbocycles. The average molecular weight is 325 g/mol. The smallest absolute Gasteiger partial charge is 0.306 e. The van der Waals surface area contributed by atoms with Crippen LogP contribution in [0.3, 0.4) is 0 Å². The summed E-state index contributed by atoms with van der Waals surface area (Å²) in [7, 11) is -3.54. The standard InChI is InChI=1S/C14H13ClN2O3S/c1-21(18,19)20-13-8-4-11(5-9-13)14(17-16)10-2-6-12(15)7-3-10/h2-9H,16H2,1H3/b17-14+. The molecule has 0 aliphatic rings. The molecule has 21 heavy (non-hydrogen) atoms. The summed E-state index contributed by atoms with van der Waals surface area (Å²) in [4.78, 5) is 0. The zero-order chi connectivity index (χ0) is 15.5. The monoisotopic (exact) mass is 324 g/mol. The van der Waals surface area contributed by atoms with Crippen molar-refractivity contribution in [3.8, 4) is 5.75 Å². The molecule has 2 rings (SSSR count). The molecular formula is C14H13ClN2O3S. The second kappa shape index (κ2) is 6.15. The normalized spacial score (nSPS) is 12.2. The largest absolute Gasteiger partial charge is 0.383 e. The number of hydrogen-bond acceptors (Lipinski definition) is 5. The molecule has 0 aliphatic carbocycles. The van der Waals surface area contributed by atoms with Crippen LogP contribution in [0.2, 0.25) is 5.02 Å². The van der Waals surface area contributed by atoms with Crippen LogP contribution in [0.5, 0.6) is 5.75 Å². The minimum absolute atomic E-state index is 0.230. The van der Waals surface area contributed by atoms with Gasteiger partial charge in [-0.1, -0.05) is 23.7 Å². The number of hydrazone groups is 1. The van der Waals surface area contributed by atoms with Crippen LogP contribution < -0.4 is 10.0 Å². The van der Waals surface area contributed by atoms with E-state index in [9.17, 15) is 8.42 Å². The molecule has 2 N–H and O–H groups in total. The van der Waals surface area contributed by atoms with Crippen LogP contribution in [0.1, 0.15) is 11.1 Å². The first-order valence-corrected chi connectivity index (χ1v) is 8.12. The molecule has 0 saturated carbocycles. The van der Waals surface area contributed by atoms with Crippen molar-refractivity contribution < 1.29 is 12.6 Å². The highest BCUT2D eigenvalue weighted by molar-refractivity contribution is 7.86. The third-order valence-electron chi connectivity index (χ3n) is 2.62. The molecule has 0 spiro atoms. The lowest BCUT2D eigenvalue weighted by Gasteiger charge is -2.07. The Morgan fingerprint density at radius 2 is 1.52 bits per heavy atom. The molecule has 5 nitrogen and oxygen atoms in total. The Balaban J connectivity index is 2.30. The van der Waals surface area contributed by atoms with Gasteiger partial charge in [-0.2, -0.15) is 13.5 Å². The molecule has 0 aliphatic heterocycles. The predicted octanol–water partition coefficient (Wildman–Crippen LogP) is 2.39. The number of rotatable bonds is 4. The fourth-order valence-corrected chi connectivity index (χ4v) is 2.35. The summed E-state index contributed by atoms with van der Waals surface area (Å²) in [6.07, 6.45) is 0.987. The van der Waals surface area contributed by atoms with Crippen LogP contribution in [-0.4, -0.2) is 20.4 Å². The second-order valence-corrected chi connectivity index (χ2v) is 6.31. The van der Waals surface area contributed by atoms with E-state index in [0.29, 0.717) is 10.7 Å². The quantitative estimate of drug-likeness (QED) is 0.405. The molecule has 2 aromatic rings. The Bertz CT molecular complexity index is 754. The number of nitrogens with two attached hydrogens (primary N) is 1. The van der Waals surface area contributed by atoms with Gasteiger partial charge in [-0.3, -0.25) is 0 Å². The van der Waals surface area contributed by atoms with Crippen LogP contribution >= 0.6 is 11.6 Å². The van der Waals surface area contributed by atoms with Gasteiger partial charge in [-0.05, 0) is 36.4 Å². The Hall–Kier alpha value is -2.05. The van der Waals surface area contributed by atoms with Gasteiger partial charge in [-0.15, -0.1) is 0 Å². The molecule has 0 atom stereocenters. The van der Waals surface area contributed by atoms with Crippen LogP contribution in [0, 0.1) is 0 Å². The maximum Gasteiger partial charge on any atom is 0.306 e. The van der Waals surface area contributed by atoms with Crippen molar-refractivity contribution in [2.24, 2.45) is 10.9 Å². The van der Waals surface area contributed by atoms with Crippen molar-refractivity contribution >= 4 is 27.4 Å². The van der Waals surface area contributed by atoms with E-state index in [4.69, 9.17) is 21.6 Å². The van der Waals surface area contributed by atoms with Crippen molar-refractivity contribution in [2.45, 2.75) is 0 Å². The zero-order valence-corrected chi connectivity index (χ0v) is 12.7. The highest BCUT2D eigenvalue weighted by Gasteiger charge is 2.09. The first kappa shape index (κ1) is 15.3. The van der Waals surface area contributed by atoms with Crippen molar-refractivity contribution in [2.75, 3.05) is 6.26 Å². The Labute approximate surface area is 128 Å². The topological polar surface area (TPSA) is 81.8 Å². The minimum Gasteiger partial charge on any atom is -0.383 e. The van der Waals surface area contributed by atoms with Crippen LogP contribution in [0.15, 0.2) is 53.6 Å². The van der Waals surface area contributed by atoms with Gasteiger partial charge in [0.15, 0.2) is 0 Å². The maximum absolute atomic E-state index is 11.1. The first-order chi connectivity index (χ1) is 9.89. The molecule has 0 unspecified atom stereocenters. The lowest BCUT2D eigenvalue weighted by molar-refractivity contribution is 0.493. The average Bonchev–Trinajstić information content (AvgIpc) is 2.42. The van der Waals surface area contributed by atoms with Gasteiger partial charge in [0.25, 0.3) is 0 Å². The maximum atomic E-state index is 11.1. The van der Waals surface area contributed by atoms with Gasteiger partial charge in [0.1, 0.15) is 5.75 Å². The van der Waals surface area contributed by atoms with Crippen molar-refractivity contribution in [3.05, 3.63) is 64.7 Å². The molecule has 7 heteroatoms. The Morgan fingerprint density at radius 3 is 1.95 bits per heavy atom. The molecule has 0 saturated heterocycles. The highest BCUT2D eigenvalue weighted by atomic mass is 35.5. The number of hydrogen-bond donors (Lipinski definition) is 1. The SMILES string of the molecule is CS(=O)(=O)Oc1ccc(/C(=N/N)c2ccc(Cl)cc2)cc1. The van der Waals surface area contributed by atoms with Crippen molar-refractivity contribution in [3.63, 3.8) is 0 Å². The van der Waals surface area contributed by atoms with Crippen LogP contribution in [0.4, 0.5) is 0 Å². The Kier molecular flexibility index (Phi) is 4.50. The van der Waals surface area contributed by atoms with Gasteiger partial charge in [0.05, 0.1) is 12.0 Å². The third kappa shape index (κ3) is 4.21. The van der Waals surface area contributed by atoms with E-state index >= 15 is 0 Å². The van der Waals surface area contributed by atoms with Gasteiger partial charge in [-0.25, -0.2) is 0 Å². The summed E-state index contributed by atoms with van der Waals surface area (Å²) in [6.45, 7) is 0. The third-order valence-corrected chi connectivity index (χ3v) is 3.37. The summed E-state index contributed by atoms with van der Waals surface area (Å²) < 4.78 is 26.9. The number of halogens is 1. The summed E-state index contributed by atoms with van der Waals surface area (Å²) in [5, 5.41) is 4.39. The van der Waals surface area contributed by atoms with E-state index in [2.05, 4.69) is 5.10 Å². The predicted molar refractivity (Wildman–Crippen MR) is 83.2 cm³/mol. The second-order valence-electron chi connectivity index (χ2n) is 4.30. The van der Waals surface area contributed by atoms with E-state index in [1.165, 1.54) is 12.1 Å². The van der Waals surface area contributed by atoms with Gasteiger partial charge in [0.2, 0.25) is 0 Å². The van der Waals surface area contributed by atoms with Gasteiger partial charge < -0.3 is 10.0 Å². The molecule has 0 bridgehead atoms. The molecule has 0 radical (unpaired) electrons. The molecular weight excluding hydrogens is 312 g/mol. The van der Waals surface area contributed by atoms with Crippen LogP contribution in [0.25, 0.3) is 0 Å². The minimum atomic E-state index is -3.54. The summed E-state index contributed by atoms with van der Waals surface area (Å²) in [6, 6.07) is 13.5. The number of nitrogens with zero attached hydrogens (tertiary/aromatic N) is 1. The fourth-order valence-electron chi connectivity index (χ4n) is 1.77. The van der Waals surface area contributed by atoms with Crippen molar-refractivity contribution in [1.29, 1.82) is 0 Å². The molecule has 0 amide bonds. The Morgan fingerprint density at radius 1 is 1.05 bits per heavy atom. The molecule has 0 heterocycles. The van der Waals surface area contributed by atoms with E-state index in [0.717, 1.165) is 17.4 Å². The summed E-state index contributed by atoms with van der Waals surface area (Å²) >= 11 is 5.84. The van der Waals surface area contributed by atoms with Gasteiger partial charge in [0, 0.05) is 16.1 Å². The van der Waals surface area contributed by atoms with E-state index in [-0.39, 0.29) is 5.75 Å². The lowest BCUT2D eigenvalue weighted by Crippen LogP contribution is -2.08. The number of benzene rings is 2. The first-order valence-electron chi connectivity index (χ1n) is 5.93. The van der Waals surface area contributed by atoms with Gasteiger partial charge >= 0.3 is 10.1 Å². The zero-order valence-electron chi connectivity index (χ0n) is 11.2. The molecule has 0 fully saturated rings. The lowest BCUT2D eigenvalue weighted by atomic mass is 10.0.